The summed E-state index contributed by atoms with van der Waals surface area (Å²) in [6, 6.07) is -0.120. The molecule has 0 aliphatic rings. The molecule has 1 heterocycles. The van der Waals surface area contributed by atoms with Gasteiger partial charge in [-0.2, -0.15) is 0 Å². The lowest BCUT2D eigenvalue weighted by Gasteiger charge is -2.12. The summed E-state index contributed by atoms with van der Waals surface area (Å²) < 4.78 is 25.3. The molecular formula is C10H15ClN2O3S. The number of hydrogen-bond acceptors (Lipinski definition) is 4. The topological polar surface area (TPSA) is 69.0 Å². The van der Waals surface area contributed by atoms with E-state index in [2.05, 4.69) is 4.98 Å². The van der Waals surface area contributed by atoms with Gasteiger partial charge < -0.3 is 4.57 Å². The van der Waals surface area contributed by atoms with Crippen molar-refractivity contribution in [2.45, 2.75) is 37.1 Å². The van der Waals surface area contributed by atoms with Crippen LogP contribution in [0.1, 0.15) is 26.8 Å². The average Bonchev–Trinajstić information content (AvgIpc) is 2.27. The Hall–Kier alpha value is -0.880. The predicted octanol–water partition coefficient (Wildman–Crippen LogP) is 1.23. The third kappa shape index (κ3) is 2.69. The molecular weight excluding hydrogens is 264 g/mol. The van der Waals surface area contributed by atoms with Crippen molar-refractivity contribution in [3.63, 3.8) is 0 Å². The molecule has 96 valence electrons. The van der Waals surface area contributed by atoms with Crippen molar-refractivity contribution < 1.29 is 8.42 Å². The zero-order chi connectivity index (χ0) is 13.2. The largest absolute Gasteiger partial charge is 0.309 e. The molecule has 0 saturated carbocycles. The van der Waals surface area contributed by atoms with Crippen LogP contribution in [0.15, 0.2) is 22.2 Å². The molecule has 0 N–H and O–H groups in total. The van der Waals surface area contributed by atoms with Gasteiger partial charge in [-0.3, -0.25) is 4.79 Å². The highest BCUT2D eigenvalue weighted by Crippen LogP contribution is 2.11. The molecule has 0 bridgehead atoms. The van der Waals surface area contributed by atoms with Crippen LogP contribution < -0.4 is 5.56 Å². The highest BCUT2D eigenvalue weighted by atomic mass is 35.5. The van der Waals surface area contributed by atoms with Crippen molar-refractivity contribution >= 4 is 21.4 Å². The van der Waals surface area contributed by atoms with Crippen LogP contribution >= 0.6 is 11.6 Å². The molecule has 17 heavy (non-hydrogen) atoms. The molecule has 7 heteroatoms. The third-order valence-electron chi connectivity index (χ3n) is 2.41. The zero-order valence-corrected chi connectivity index (χ0v) is 11.5. The summed E-state index contributed by atoms with van der Waals surface area (Å²) >= 11 is 5.53. The minimum Gasteiger partial charge on any atom is -0.309 e. The van der Waals surface area contributed by atoms with E-state index in [0.29, 0.717) is 0 Å². The van der Waals surface area contributed by atoms with Crippen molar-refractivity contribution in [1.29, 1.82) is 0 Å². The van der Waals surface area contributed by atoms with Gasteiger partial charge in [-0.1, -0.05) is 0 Å². The number of hydrogen-bond donors (Lipinski definition) is 0. The van der Waals surface area contributed by atoms with Gasteiger partial charge in [-0.25, -0.2) is 13.4 Å². The molecule has 0 saturated heterocycles. The third-order valence-corrected chi connectivity index (χ3v) is 5.10. The SMILES string of the molecule is CC(C)n1ccnc(S(=O)(=O)C(C)CCl)c1=O. The minimum absolute atomic E-state index is 0.0694. The Morgan fingerprint density at radius 2 is 2.00 bits per heavy atom. The van der Waals surface area contributed by atoms with Gasteiger partial charge in [-0.05, 0) is 20.8 Å². The molecule has 5 nitrogen and oxygen atoms in total. The Kier molecular flexibility index (Phi) is 4.32. The molecule has 1 aromatic rings. The van der Waals surface area contributed by atoms with Gasteiger partial charge in [0.05, 0.1) is 5.25 Å². The summed E-state index contributed by atoms with van der Waals surface area (Å²) in [5.74, 6) is -0.0694. The van der Waals surface area contributed by atoms with Crippen molar-refractivity contribution in [2.24, 2.45) is 0 Å². The Labute approximate surface area is 105 Å². The molecule has 1 aromatic heterocycles. The van der Waals surface area contributed by atoms with E-state index in [1.54, 1.807) is 13.8 Å². The molecule has 1 unspecified atom stereocenters. The first-order chi connectivity index (χ1) is 7.82. The van der Waals surface area contributed by atoms with E-state index in [9.17, 15) is 13.2 Å². The van der Waals surface area contributed by atoms with E-state index in [-0.39, 0.29) is 11.9 Å². The van der Waals surface area contributed by atoms with E-state index in [0.717, 1.165) is 0 Å². The van der Waals surface area contributed by atoms with E-state index < -0.39 is 25.7 Å². The second-order valence-electron chi connectivity index (χ2n) is 4.05. The highest BCUT2D eigenvalue weighted by Gasteiger charge is 2.28. The number of halogens is 1. The Morgan fingerprint density at radius 1 is 1.41 bits per heavy atom. The van der Waals surface area contributed by atoms with Crippen LogP contribution in [0.4, 0.5) is 0 Å². The Balaban J connectivity index is 3.45. The van der Waals surface area contributed by atoms with Gasteiger partial charge in [0.2, 0.25) is 14.9 Å². The van der Waals surface area contributed by atoms with E-state index in [4.69, 9.17) is 11.6 Å². The van der Waals surface area contributed by atoms with Crippen LogP contribution in [-0.2, 0) is 9.84 Å². The zero-order valence-electron chi connectivity index (χ0n) is 9.92. The van der Waals surface area contributed by atoms with Gasteiger partial charge in [0, 0.05) is 24.3 Å². The van der Waals surface area contributed by atoms with Crippen molar-refractivity contribution in [2.75, 3.05) is 5.88 Å². The second kappa shape index (κ2) is 5.18. The lowest BCUT2D eigenvalue weighted by Crippen LogP contribution is -2.32. The molecule has 1 atom stereocenters. The van der Waals surface area contributed by atoms with Crippen molar-refractivity contribution in [3.8, 4) is 0 Å². The summed E-state index contributed by atoms with van der Waals surface area (Å²) in [5.41, 5.74) is -0.598. The smallest absolute Gasteiger partial charge is 0.288 e. The standard InChI is InChI=1S/C10H15ClN2O3S/c1-7(2)13-5-4-12-9(10(13)14)17(15,16)8(3)6-11/h4-5,7-8H,6H2,1-3H3. The number of nitrogens with zero attached hydrogens (tertiary/aromatic N) is 2. The van der Waals surface area contributed by atoms with Crippen LogP contribution in [0.3, 0.4) is 0 Å². The summed E-state index contributed by atoms with van der Waals surface area (Å²) in [6.07, 6.45) is 2.78. The van der Waals surface area contributed by atoms with Crippen LogP contribution in [-0.4, -0.2) is 29.1 Å². The van der Waals surface area contributed by atoms with Crippen LogP contribution in [0, 0.1) is 0 Å². The van der Waals surface area contributed by atoms with Crippen LogP contribution in [0.2, 0.25) is 0 Å². The molecule has 0 spiro atoms. The van der Waals surface area contributed by atoms with E-state index >= 15 is 0 Å². The first kappa shape index (κ1) is 14.2. The Morgan fingerprint density at radius 3 is 2.47 bits per heavy atom. The van der Waals surface area contributed by atoms with Gasteiger partial charge in [0.1, 0.15) is 0 Å². The molecule has 0 radical (unpaired) electrons. The molecule has 0 aliphatic carbocycles. The normalized spacial score (nSPS) is 13.9. The Bertz CT molecular complexity index is 551. The van der Waals surface area contributed by atoms with Gasteiger partial charge in [0.25, 0.3) is 5.56 Å². The van der Waals surface area contributed by atoms with Gasteiger partial charge in [0.15, 0.2) is 0 Å². The second-order valence-corrected chi connectivity index (χ2v) is 6.64. The van der Waals surface area contributed by atoms with Crippen LogP contribution in [0.25, 0.3) is 0 Å². The number of alkyl halides is 1. The first-order valence-electron chi connectivity index (χ1n) is 5.19. The van der Waals surface area contributed by atoms with Crippen molar-refractivity contribution in [1.82, 2.24) is 9.55 Å². The fourth-order valence-electron chi connectivity index (χ4n) is 1.28. The lowest BCUT2D eigenvalue weighted by atomic mass is 10.4. The lowest BCUT2D eigenvalue weighted by molar-refractivity contribution is 0.546. The van der Waals surface area contributed by atoms with E-state index in [1.807, 2.05) is 0 Å². The highest BCUT2D eigenvalue weighted by molar-refractivity contribution is 7.92. The summed E-state index contributed by atoms with van der Waals surface area (Å²) in [7, 11) is -3.75. The summed E-state index contributed by atoms with van der Waals surface area (Å²) in [6.45, 7) is 5.04. The van der Waals surface area contributed by atoms with Gasteiger partial charge in [-0.15, -0.1) is 11.6 Å². The molecule has 0 amide bonds. The maximum atomic E-state index is 12.0. The first-order valence-corrected chi connectivity index (χ1v) is 7.27. The maximum absolute atomic E-state index is 12.0. The molecule has 0 aliphatic heterocycles. The van der Waals surface area contributed by atoms with Crippen molar-refractivity contribution in [3.05, 3.63) is 22.7 Å². The predicted molar refractivity (Wildman–Crippen MR) is 66.2 cm³/mol. The fraction of sp³-hybridized carbons (Fsp3) is 0.600. The molecule has 1 rings (SSSR count). The molecule has 0 aromatic carbocycles. The number of rotatable bonds is 4. The monoisotopic (exact) mass is 278 g/mol. The van der Waals surface area contributed by atoms with E-state index in [1.165, 1.54) is 23.9 Å². The van der Waals surface area contributed by atoms with Gasteiger partial charge >= 0.3 is 0 Å². The minimum atomic E-state index is -3.75. The quantitative estimate of drug-likeness (QED) is 0.777. The number of sulfone groups is 1. The summed E-state index contributed by atoms with van der Waals surface area (Å²) in [4.78, 5) is 15.6. The fourth-order valence-corrected chi connectivity index (χ4v) is 2.88. The average molecular weight is 279 g/mol. The molecule has 0 fully saturated rings. The summed E-state index contributed by atoms with van der Waals surface area (Å²) in [5, 5.41) is -1.26. The maximum Gasteiger partial charge on any atom is 0.288 e. The number of aromatic nitrogens is 2. The van der Waals surface area contributed by atoms with Crippen LogP contribution in [0.5, 0.6) is 0 Å².